The van der Waals surface area contributed by atoms with E-state index in [0.717, 1.165) is 25.0 Å². The molecular formula is C16H28N2O2. The van der Waals surface area contributed by atoms with E-state index >= 15 is 0 Å². The van der Waals surface area contributed by atoms with Crippen LogP contribution in [0.5, 0.6) is 5.75 Å². The van der Waals surface area contributed by atoms with E-state index in [4.69, 9.17) is 15.6 Å². The first-order chi connectivity index (χ1) is 9.53. The van der Waals surface area contributed by atoms with Crippen LogP contribution in [0.4, 0.5) is 0 Å². The quantitative estimate of drug-likeness (QED) is 0.644. The van der Waals surface area contributed by atoms with Crippen LogP contribution in [0.15, 0.2) is 24.3 Å². The van der Waals surface area contributed by atoms with Gasteiger partial charge in [0.1, 0.15) is 5.75 Å². The Hall–Kier alpha value is -1.10. The van der Waals surface area contributed by atoms with Gasteiger partial charge in [-0.2, -0.15) is 0 Å². The number of benzene rings is 1. The van der Waals surface area contributed by atoms with E-state index in [2.05, 4.69) is 31.3 Å². The first kappa shape index (κ1) is 17.0. The first-order valence-electron chi connectivity index (χ1n) is 7.24. The highest BCUT2D eigenvalue weighted by molar-refractivity contribution is 5.28. The summed E-state index contributed by atoms with van der Waals surface area (Å²) >= 11 is 0. The Bertz CT molecular complexity index is 381. The summed E-state index contributed by atoms with van der Waals surface area (Å²) in [6, 6.07) is 8.44. The van der Waals surface area contributed by atoms with Crippen molar-refractivity contribution in [1.29, 1.82) is 0 Å². The Labute approximate surface area is 122 Å². The minimum absolute atomic E-state index is 0.135. The molecule has 0 aliphatic carbocycles. The molecule has 0 heterocycles. The van der Waals surface area contributed by atoms with Gasteiger partial charge in [0.15, 0.2) is 0 Å². The molecule has 0 saturated heterocycles. The maximum absolute atomic E-state index is 8.89. The normalized spacial score (nSPS) is 15.7. The molecule has 114 valence electrons. The number of hydrogen-bond donors (Lipinski definition) is 3. The van der Waals surface area contributed by atoms with E-state index in [0.29, 0.717) is 12.6 Å². The van der Waals surface area contributed by atoms with Gasteiger partial charge in [-0.3, -0.25) is 0 Å². The predicted octanol–water partition coefficient (Wildman–Crippen LogP) is 1.71. The summed E-state index contributed by atoms with van der Waals surface area (Å²) in [5, 5.41) is 12.5. The summed E-state index contributed by atoms with van der Waals surface area (Å²) < 4.78 is 5.17. The van der Waals surface area contributed by atoms with Gasteiger partial charge in [-0.15, -0.1) is 0 Å². The monoisotopic (exact) mass is 280 g/mol. The summed E-state index contributed by atoms with van der Waals surface area (Å²) in [6.45, 7) is 5.09. The zero-order valence-corrected chi connectivity index (χ0v) is 12.9. The number of aliphatic hydroxyl groups excluding tert-OH is 1. The SMILES string of the molecule is COc1ccc(CC(C)(CN)NC(C)CCCO)cc1. The van der Waals surface area contributed by atoms with Gasteiger partial charge >= 0.3 is 0 Å². The maximum atomic E-state index is 8.89. The van der Waals surface area contributed by atoms with Gasteiger partial charge < -0.3 is 20.9 Å². The first-order valence-corrected chi connectivity index (χ1v) is 7.24. The van der Waals surface area contributed by atoms with Crippen LogP contribution in [0.25, 0.3) is 0 Å². The largest absolute Gasteiger partial charge is 0.497 e. The molecule has 1 aromatic rings. The van der Waals surface area contributed by atoms with E-state index in [1.54, 1.807) is 7.11 Å². The summed E-state index contributed by atoms with van der Waals surface area (Å²) in [6.07, 6.45) is 2.64. The standard InChI is InChI=1S/C16H28N2O2/c1-13(5-4-10-19)18-16(2,12-17)11-14-6-8-15(20-3)9-7-14/h6-9,13,18-19H,4-5,10-12,17H2,1-3H3. The van der Waals surface area contributed by atoms with Crippen molar-refractivity contribution in [2.45, 2.75) is 44.7 Å². The molecule has 0 saturated carbocycles. The van der Waals surface area contributed by atoms with Gasteiger partial charge in [-0.25, -0.2) is 0 Å². The number of aliphatic hydroxyl groups is 1. The van der Waals surface area contributed by atoms with Gasteiger partial charge in [0.05, 0.1) is 7.11 Å². The Kier molecular flexibility index (Phi) is 6.99. The Morgan fingerprint density at radius 3 is 2.50 bits per heavy atom. The highest BCUT2D eigenvalue weighted by Gasteiger charge is 2.24. The van der Waals surface area contributed by atoms with Crippen LogP contribution < -0.4 is 15.8 Å². The van der Waals surface area contributed by atoms with Gasteiger partial charge in [0, 0.05) is 24.7 Å². The van der Waals surface area contributed by atoms with Gasteiger partial charge in [0.2, 0.25) is 0 Å². The Morgan fingerprint density at radius 1 is 1.35 bits per heavy atom. The molecule has 0 aliphatic rings. The topological polar surface area (TPSA) is 67.5 Å². The molecule has 0 radical (unpaired) electrons. The molecule has 4 heteroatoms. The molecule has 0 aliphatic heterocycles. The van der Waals surface area contributed by atoms with Gasteiger partial charge in [-0.1, -0.05) is 12.1 Å². The van der Waals surface area contributed by atoms with Crippen LogP contribution in [0.3, 0.4) is 0 Å². The number of nitrogens with two attached hydrogens (primary N) is 1. The predicted molar refractivity (Wildman–Crippen MR) is 83.1 cm³/mol. The molecule has 4 N–H and O–H groups in total. The van der Waals surface area contributed by atoms with E-state index in [9.17, 15) is 0 Å². The van der Waals surface area contributed by atoms with Crippen LogP contribution >= 0.6 is 0 Å². The summed E-state index contributed by atoms with van der Waals surface area (Å²) in [5.41, 5.74) is 7.05. The van der Waals surface area contributed by atoms with Crippen molar-refractivity contribution >= 4 is 0 Å². The molecule has 0 aromatic heterocycles. The second kappa shape index (κ2) is 8.25. The van der Waals surface area contributed by atoms with Crippen molar-refractivity contribution in [1.82, 2.24) is 5.32 Å². The lowest BCUT2D eigenvalue weighted by Crippen LogP contribution is -2.53. The Balaban J connectivity index is 2.62. The molecule has 20 heavy (non-hydrogen) atoms. The number of methoxy groups -OCH3 is 1. The smallest absolute Gasteiger partial charge is 0.118 e. The van der Waals surface area contributed by atoms with Crippen LogP contribution in [-0.4, -0.2) is 36.9 Å². The van der Waals surface area contributed by atoms with Crippen molar-refractivity contribution < 1.29 is 9.84 Å². The number of hydrogen-bond acceptors (Lipinski definition) is 4. The minimum atomic E-state index is -0.135. The molecule has 0 fully saturated rings. The second-order valence-corrected chi connectivity index (χ2v) is 5.70. The molecule has 4 nitrogen and oxygen atoms in total. The molecule has 0 spiro atoms. The maximum Gasteiger partial charge on any atom is 0.118 e. The van der Waals surface area contributed by atoms with E-state index in [1.807, 2.05) is 12.1 Å². The average Bonchev–Trinajstić information content (AvgIpc) is 2.45. The van der Waals surface area contributed by atoms with Gasteiger partial charge in [-0.05, 0) is 50.8 Å². The highest BCUT2D eigenvalue weighted by Crippen LogP contribution is 2.17. The number of ether oxygens (including phenoxy) is 1. The van der Waals surface area contributed by atoms with Crippen molar-refractivity contribution in [3.63, 3.8) is 0 Å². The third-order valence-electron chi connectivity index (χ3n) is 3.59. The summed E-state index contributed by atoms with van der Waals surface area (Å²) in [5.74, 6) is 0.868. The van der Waals surface area contributed by atoms with E-state index in [1.165, 1.54) is 5.56 Å². The third kappa shape index (κ3) is 5.49. The molecular weight excluding hydrogens is 252 g/mol. The zero-order chi connectivity index (χ0) is 15.0. The fraction of sp³-hybridized carbons (Fsp3) is 0.625. The lowest BCUT2D eigenvalue weighted by atomic mass is 9.91. The lowest BCUT2D eigenvalue weighted by molar-refractivity contribution is 0.259. The van der Waals surface area contributed by atoms with Crippen LogP contribution in [0, 0.1) is 0 Å². The average molecular weight is 280 g/mol. The summed E-state index contributed by atoms with van der Waals surface area (Å²) in [7, 11) is 1.67. The number of nitrogens with one attached hydrogen (secondary N) is 1. The fourth-order valence-electron chi connectivity index (χ4n) is 2.44. The van der Waals surface area contributed by atoms with Gasteiger partial charge in [0.25, 0.3) is 0 Å². The van der Waals surface area contributed by atoms with Crippen LogP contribution in [-0.2, 0) is 6.42 Å². The van der Waals surface area contributed by atoms with E-state index < -0.39 is 0 Å². The molecule has 2 unspecified atom stereocenters. The highest BCUT2D eigenvalue weighted by atomic mass is 16.5. The molecule has 2 atom stereocenters. The lowest BCUT2D eigenvalue weighted by Gasteiger charge is -2.33. The third-order valence-corrected chi connectivity index (χ3v) is 3.59. The molecule has 0 bridgehead atoms. The minimum Gasteiger partial charge on any atom is -0.497 e. The number of rotatable bonds is 9. The van der Waals surface area contributed by atoms with Crippen LogP contribution in [0.1, 0.15) is 32.3 Å². The van der Waals surface area contributed by atoms with E-state index in [-0.39, 0.29) is 12.1 Å². The van der Waals surface area contributed by atoms with Crippen LogP contribution in [0.2, 0.25) is 0 Å². The van der Waals surface area contributed by atoms with Crippen molar-refractivity contribution in [3.8, 4) is 5.75 Å². The zero-order valence-electron chi connectivity index (χ0n) is 12.9. The summed E-state index contributed by atoms with van der Waals surface area (Å²) in [4.78, 5) is 0. The van der Waals surface area contributed by atoms with Crippen molar-refractivity contribution in [2.75, 3.05) is 20.3 Å². The molecule has 0 amide bonds. The molecule has 1 rings (SSSR count). The van der Waals surface area contributed by atoms with Crippen molar-refractivity contribution in [3.05, 3.63) is 29.8 Å². The second-order valence-electron chi connectivity index (χ2n) is 5.70. The molecule has 1 aromatic carbocycles. The Morgan fingerprint density at radius 2 is 2.00 bits per heavy atom. The fourth-order valence-corrected chi connectivity index (χ4v) is 2.44. The van der Waals surface area contributed by atoms with Crippen molar-refractivity contribution in [2.24, 2.45) is 5.73 Å².